The summed E-state index contributed by atoms with van der Waals surface area (Å²) in [7, 11) is 0. The molecule has 3 heteroatoms. The maximum atomic E-state index is 12.0. The van der Waals surface area contributed by atoms with Crippen LogP contribution in [-0.2, 0) is 11.2 Å². The van der Waals surface area contributed by atoms with E-state index in [-0.39, 0.29) is 12.5 Å². The van der Waals surface area contributed by atoms with E-state index < -0.39 is 0 Å². The first kappa shape index (κ1) is 16.1. The second-order valence-corrected chi connectivity index (χ2v) is 5.48. The standard InChI is InChI=1S/C19H23NO2/c1-4-6-16-9-11-17(12-10-16)22-13-19(21)20-18-8-5-7-14(2)15(18)3/h5,7-12H,4,6,13H2,1-3H3,(H,20,21). The lowest BCUT2D eigenvalue weighted by Crippen LogP contribution is -2.20. The number of carbonyl (C=O) groups is 1. The van der Waals surface area contributed by atoms with E-state index in [0.29, 0.717) is 0 Å². The number of hydrogen-bond donors (Lipinski definition) is 1. The molecule has 0 atom stereocenters. The first-order chi connectivity index (χ1) is 10.6. The van der Waals surface area contributed by atoms with Gasteiger partial charge in [0, 0.05) is 5.69 Å². The molecule has 1 amide bonds. The average molecular weight is 297 g/mol. The monoisotopic (exact) mass is 297 g/mol. The van der Waals surface area contributed by atoms with Gasteiger partial charge in [-0.1, -0.05) is 37.6 Å². The normalized spacial score (nSPS) is 10.3. The van der Waals surface area contributed by atoms with Gasteiger partial charge in [-0.3, -0.25) is 4.79 Å². The Morgan fingerprint density at radius 1 is 1.09 bits per heavy atom. The molecule has 0 spiro atoms. The van der Waals surface area contributed by atoms with Crippen molar-refractivity contribution < 1.29 is 9.53 Å². The minimum Gasteiger partial charge on any atom is -0.484 e. The summed E-state index contributed by atoms with van der Waals surface area (Å²) >= 11 is 0. The molecule has 0 saturated heterocycles. The molecule has 2 aromatic rings. The van der Waals surface area contributed by atoms with Gasteiger partial charge in [0.05, 0.1) is 0 Å². The number of benzene rings is 2. The smallest absolute Gasteiger partial charge is 0.262 e. The molecule has 0 aliphatic rings. The Kier molecular flexibility index (Phi) is 5.59. The van der Waals surface area contributed by atoms with Gasteiger partial charge in [0.15, 0.2) is 6.61 Å². The van der Waals surface area contributed by atoms with Crippen LogP contribution in [0.25, 0.3) is 0 Å². The van der Waals surface area contributed by atoms with Crippen LogP contribution in [0, 0.1) is 13.8 Å². The van der Waals surface area contributed by atoms with Crippen LogP contribution in [-0.4, -0.2) is 12.5 Å². The topological polar surface area (TPSA) is 38.3 Å². The fourth-order valence-electron chi connectivity index (χ4n) is 2.26. The second kappa shape index (κ2) is 7.64. The van der Waals surface area contributed by atoms with E-state index in [2.05, 4.69) is 12.2 Å². The quantitative estimate of drug-likeness (QED) is 0.864. The summed E-state index contributed by atoms with van der Waals surface area (Å²) in [4.78, 5) is 12.0. The molecule has 0 heterocycles. The predicted molar refractivity (Wildman–Crippen MR) is 90.5 cm³/mol. The second-order valence-electron chi connectivity index (χ2n) is 5.48. The maximum Gasteiger partial charge on any atom is 0.262 e. The molecule has 2 rings (SSSR count). The molecule has 22 heavy (non-hydrogen) atoms. The van der Waals surface area contributed by atoms with Crippen molar-refractivity contribution in [2.75, 3.05) is 11.9 Å². The van der Waals surface area contributed by atoms with Crippen LogP contribution in [0.5, 0.6) is 5.75 Å². The first-order valence-electron chi connectivity index (χ1n) is 7.68. The number of ether oxygens (including phenoxy) is 1. The van der Waals surface area contributed by atoms with Gasteiger partial charge in [0.25, 0.3) is 5.91 Å². The van der Waals surface area contributed by atoms with Crippen molar-refractivity contribution in [2.45, 2.75) is 33.6 Å². The molecular weight excluding hydrogens is 274 g/mol. The summed E-state index contributed by atoms with van der Waals surface area (Å²) < 4.78 is 5.53. The number of nitrogens with one attached hydrogen (secondary N) is 1. The zero-order chi connectivity index (χ0) is 15.9. The summed E-state index contributed by atoms with van der Waals surface area (Å²) in [6.45, 7) is 6.19. The van der Waals surface area contributed by atoms with Crippen molar-refractivity contribution in [3.05, 3.63) is 59.2 Å². The number of anilines is 1. The van der Waals surface area contributed by atoms with E-state index in [1.807, 2.05) is 56.3 Å². The van der Waals surface area contributed by atoms with Gasteiger partial charge in [0.2, 0.25) is 0 Å². The van der Waals surface area contributed by atoms with E-state index in [1.165, 1.54) is 5.56 Å². The molecule has 0 unspecified atom stereocenters. The van der Waals surface area contributed by atoms with Crippen LogP contribution in [0.2, 0.25) is 0 Å². The van der Waals surface area contributed by atoms with E-state index in [0.717, 1.165) is 35.4 Å². The summed E-state index contributed by atoms with van der Waals surface area (Å²) in [5, 5.41) is 2.89. The van der Waals surface area contributed by atoms with Crippen molar-refractivity contribution in [3.63, 3.8) is 0 Å². The van der Waals surface area contributed by atoms with Crippen LogP contribution in [0.15, 0.2) is 42.5 Å². The lowest BCUT2D eigenvalue weighted by molar-refractivity contribution is -0.118. The van der Waals surface area contributed by atoms with Crippen molar-refractivity contribution in [3.8, 4) is 5.75 Å². The van der Waals surface area contributed by atoms with Gasteiger partial charge in [0.1, 0.15) is 5.75 Å². The molecule has 0 fully saturated rings. The molecular formula is C19H23NO2. The third kappa shape index (κ3) is 4.35. The van der Waals surface area contributed by atoms with Crippen LogP contribution in [0.3, 0.4) is 0 Å². The van der Waals surface area contributed by atoms with E-state index in [4.69, 9.17) is 4.74 Å². The minimum atomic E-state index is -0.147. The summed E-state index contributed by atoms with van der Waals surface area (Å²) in [6, 6.07) is 13.8. The molecule has 0 aliphatic heterocycles. The number of rotatable bonds is 6. The molecule has 0 aliphatic carbocycles. The van der Waals surface area contributed by atoms with E-state index in [9.17, 15) is 4.79 Å². The Labute approximate surface area is 132 Å². The highest BCUT2D eigenvalue weighted by molar-refractivity contribution is 5.92. The Balaban J connectivity index is 1.88. The highest BCUT2D eigenvalue weighted by Gasteiger charge is 2.07. The van der Waals surface area contributed by atoms with Crippen LogP contribution in [0.4, 0.5) is 5.69 Å². The largest absolute Gasteiger partial charge is 0.484 e. The van der Waals surface area contributed by atoms with Gasteiger partial charge in [-0.05, 0) is 55.2 Å². The minimum absolute atomic E-state index is 0.0144. The average Bonchev–Trinajstić information content (AvgIpc) is 2.51. The van der Waals surface area contributed by atoms with Gasteiger partial charge in [-0.25, -0.2) is 0 Å². The highest BCUT2D eigenvalue weighted by atomic mass is 16.5. The van der Waals surface area contributed by atoms with Gasteiger partial charge in [-0.2, -0.15) is 0 Å². The number of hydrogen-bond acceptors (Lipinski definition) is 2. The number of carbonyl (C=O) groups excluding carboxylic acids is 1. The molecule has 116 valence electrons. The Morgan fingerprint density at radius 3 is 2.50 bits per heavy atom. The van der Waals surface area contributed by atoms with Gasteiger partial charge in [-0.15, -0.1) is 0 Å². The molecule has 0 bridgehead atoms. The fraction of sp³-hybridized carbons (Fsp3) is 0.316. The van der Waals surface area contributed by atoms with Crippen LogP contribution >= 0.6 is 0 Å². The molecule has 0 saturated carbocycles. The zero-order valence-electron chi connectivity index (χ0n) is 13.5. The predicted octanol–water partition coefficient (Wildman–Crippen LogP) is 4.27. The summed E-state index contributed by atoms with van der Waals surface area (Å²) in [6.07, 6.45) is 2.19. The number of amides is 1. The zero-order valence-corrected chi connectivity index (χ0v) is 13.5. The maximum absolute atomic E-state index is 12.0. The number of aryl methyl sites for hydroxylation is 2. The van der Waals surface area contributed by atoms with Crippen molar-refractivity contribution >= 4 is 11.6 Å². The van der Waals surface area contributed by atoms with Crippen molar-refractivity contribution in [1.29, 1.82) is 0 Å². The lowest BCUT2D eigenvalue weighted by Gasteiger charge is -2.11. The van der Waals surface area contributed by atoms with Crippen LogP contribution < -0.4 is 10.1 Å². The van der Waals surface area contributed by atoms with Crippen LogP contribution in [0.1, 0.15) is 30.0 Å². The first-order valence-corrected chi connectivity index (χ1v) is 7.68. The van der Waals surface area contributed by atoms with Crippen molar-refractivity contribution in [1.82, 2.24) is 0 Å². The SMILES string of the molecule is CCCc1ccc(OCC(=O)Nc2cccc(C)c2C)cc1. The van der Waals surface area contributed by atoms with Gasteiger partial charge >= 0.3 is 0 Å². The summed E-state index contributed by atoms with van der Waals surface area (Å²) in [5.74, 6) is 0.572. The summed E-state index contributed by atoms with van der Waals surface area (Å²) in [5.41, 5.74) is 4.37. The fourth-order valence-corrected chi connectivity index (χ4v) is 2.26. The molecule has 0 aromatic heterocycles. The Morgan fingerprint density at radius 2 is 1.82 bits per heavy atom. The third-order valence-corrected chi connectivity index (χ3v) is 3.71. The Bertz CT molecular complexity index is 632. The molecule has 1 N–H and O–H groups in total. The van der Waals surface area contributed by atoms with E-state index in [1.54, 1.807) is 0 Å². The molecule has 0 radical (unpaired) electrons. The lowest BCUT2D eigenvalue weighted by atomic mass is 10.1. The molecule has 2 aromatic carbocycles. The highest BCUT2D eigenvalue weighted by Crippen LogP contribution is 2.18. The van der Waals surface area contributed by atoms with Gasteiger partial charge < -0.3 is 10.1 Å². The Hall–Kier alpha value is -2.29. The van der Waals surface area contributed by atoms with Crippen molar-refractivity contribution in [2.24, 2.45) is 0 Å². The third-order valence-electron chi connectivity index (χ3n) is 3.71. The molecule has 3 nitrogen and oxygen atoms in total. The van der Waals surface area contributed by atoms with E-state index >= 15 is 0 Å².